The number of ether oxygens (including phenoxy) is 1. The highest BCUT2D eigenvalue weighted by Crippen LogP contribution is 2.16. The van der Waals surface area contributed by atoms with Gasteiger partial charge in [-0.25, -0.2) is 0 Å². The van der Waals surface area contributed by atoms with Gasteiger partial charge in [0.25, 0.3) is 0 Å². The molecule has 1 saturated heterocycles. The highest BCUT2D eigenvalue weighted by atomic mass is 127. The Hall–Kier alpha value is -0.0800. The molecule has 0 aromatic carbocycles. The first-order valence-corrected chi connectivity index (χ1v) is 8.49. The second-order valence-corrected chi connectivity index (χ2v) is 5.73. The van der Waals surface area contributed by atoms with Crippen molar-refractivity contribution in [3.05, 3.63) is 0 Å². The molecule has 0 aliphatic carbocycles. The van der Waals surface area contributed by atoms with Gasteiger partial charge in [0.1, 0.15) is 0 Å². The first-order chi connectivity index (χ1) is 10.2. The van der Waals surface area contributed by atoms with Crippen LogP contribution in [0.4, 0.5) is 0 Å². The third-order valence-electron chi connectivity index (χ3n) is 3.99. The van der Waals surface area contributed by atoms with Crippen molar-refractivity contribution in [2.24, 2.45) is 10.9 Å². The Labute approximate surface area is 153 Å². The van der Waals surface area contributed by atoms with Crippen LogP contribution < -0.4 is 5.32 Å². The van der Waals surface area contributed by atoms with Crippen LogP contribution in [0.15, 0.2) is 4.99 Å². The molecule has 6 heteroatoms. The number of methoxy groups -OCH3 is 1. The van der Waals surface area contributed by atoms with Crippen molar-refractivity contribution in [3.63, 3.8) is 0 Å². The average molecular weight is 426 g/mol. The van der Waals surface area contributed by atoms with Gasteiger partial charge >= 0.3 is 0 Å². The third-order valence-corrected chi connectivity index (χ3v) is 3.99. The summed E-state index contributed by atoms with van der Waals surface area (Å²) >= 11 is 0. The van der Waals surface area contributed by atoms with Gasteiger partial charge in [-0.2, -0.15) is 0 Å². The zero-order chi connectivity index (χ0) is 15.5. The number of likely N-dealkylation sites (tertiary alicyclic amines) is 1. The summed E-state index contributed by atoms with van der Waals surface area (Å²) in [7, 11) is 1.79. The van der Waals surface area contributed by atoms with Crippen molar-refractivity contribution in [2.75, 3.05) is 59.5 Å². The standard InChI is InChI=1S/C16H34N4O.HI/c1-5-10-19(7-3)12-9-18-16(17-6-2)20-11-8-15(13-20)14-21-4;/h15H,5-14H2,1-4H3,(H,17,18);1H. The van der Waals surface area contributed by atoms with E-state index in [1.807, 2.05) is 0 Å². The number of hydrogen-bond acceptors (Lipinski definition) is 3. The smallest absolute Gasteiger partial charge is 0.193 e. The van der Waals surface area contributed by atoms with Gasteiger partial charge in [0.2, 0.25) is 0 Å². The highest BCUT2D eigenvalue weighted by molar-refractivity contribution is 14.0. The summed E-state index contributed by atoms with van der Waals surface area (Å²) in [5.41, 5.74) is 0. The number of halogens is 1. The van der Waals surface area contributed by atoms with E-state index in [0.717, 1.165) is 51.8 Å². The molecule has 0 radical (unpaired) electrons. The lowest BCUT2D eigenvalue weighted by Crippen LogP contribution is -2.41. The molecule has 0 bridgehead atoms. The number of guanidine groups is 1. The number of nitrogens with one attached hydrogen (secondary N) is 1. The molecule has 1 fully saturated rings. The second-order valence-electron chi connectivity index (χ2n) is 5.73. The summed E-state index contributed by atoms with van der Waals surface area (Å²) in [6, 6.07) is 0. The fourth-order valence-electron chi connectivity index (χ4n) is 2.86. The Morgan fingerprint density at radius 2 is 2.09 bits per heavy atom. The molecular formula is C16H35IN4O. The first kappa shape index (κ1) is 21.9. The quantitative estimate of drug-likeness (QED) is 0.349. The van der Waals surface area contributed by atoms with Gasteiger partial charge in [0.15, 0.2) is 5.96 Å². The van der Waals surface area contributed by atoms with Gasteiger partial charge in [-0.1, -0.05) is 13.8 Å². The topological polar surface area (TPSA) is 40.1 Å². The van der Waals surface area contributed by atoms with Crippen molar-refractivity contribution in [1.29, 1.82) is 0 Å². The minimum atomic E-state index is 0. The summed E-state index contributed by atoms with van der Waals surface area (Å²) in [5, 5.41) is 3.43. The molecule has 22 heavy (non-hydrogen) atoms. The first-order valence-electron chi connectivity index (χ1n) is 8.49. The van der Waals surface area contributed by atoms with E-state index in [-0.39, 0.29) is 24.0 Å². The maximum absolute atomic E-state index is 5.27. The Morgan fingerprint density at radius 1 is 1.32 bits per heavy atom. The fourth-order valence-corrected chi connectivity index (χ4v) is 2.86. The molecule has 1 N–H and O–H groups in total. The minimum absolute atomic E-state index is 0. The zero-order valence-electron chi connectivity index (χ0n) is 14.8. The molecule has 1 rings (SSSR count). The Kier molecular flexibility index (Phi) is 13.3. The Morgan fingerprint density at radius 3 is 2.68 bits per heavy atom. The van der Waals surface area contributed by atoms with Crippen molar-refractivity contribution in [3.8, 4) is 0 Å². The third kappa shape index (κ3) is 7.97. The van der Waals surface area contributed by atoms with Crippen molar-refractivity contribution in [2.45, 2.75) is 33.6 Å². The van der Waals surface area contributed by atoms with Crippen LogP contribution >= 0.6 is 24.0 Å². The Bertz CT molecular complexity index is 302. The molecule has 0 amide bonds. The minimum Gasteiger partial charge on any atom is -0.384 e. The molecule has 1 aliphatic heterocycles. The van der Waals surface area contributed by atoms with E-state index in [2.05, 4.69) is 35.9 Å². The summed E-state index contributed by atoms with van der Waals surface area (Å²) in [4.78, 5) is 9.65. The van der Waals surface area contributed by atoms with Crippen LogP contribution in [0.3, 0.4) is 0 Å². The van der Waals surface area contributed by atoms with Crippen molar-refractivity contribution < 1.29 is 4.74 Å². The van der Waals surface area contributed by atoms with Crippen LogP contribution in [-0.2, 0) is 4.74 Å². The Balaban J connectivity index is 0.00000441. The zero-order valence-corrected chi connectivity index (χ0v) is 17.1. The molecule has 1 atom stereocenters. The number of hydrogen-bond donors (Lipinski definition) is 1. The van der Waals surface area contributed by atoms with Crippen molar-refractivity contribution >= 4 is 29.9 Å². The van der Waals surface area contributed by atoms with Crippen LogP contribution in [-0.4, -0.2) is 75.3 Å². The average Bonchev–Trinajstić information content (AvgIpc) is 2.94. The molecule has 5 nitrogen and oxygen atoms in total. The van der Waals surface area contributed by atoms with E-state index in [1.165, 1.54) is 19.4 Å². The molecule has 0 aromatic rings. The summed E-state index contributed by atoms with van der Waals surface area (Å²) in [6.07, 6.45) is 2.41. The lowest BCUT2D eigenvalue weighted by Gasteiger charge is -2.23. The monoisotopic (exact) mass is 426 g/mol. The maximum Gasteiger partial charge on any atom is 0.193 e. The van der Waals surface area contributed by atoms with Crippen molar-refractivity contribution in [1.82, 2.24) is 15.1 Å². The SMILES string of the molecule is CCCN(CC)CCN=C(NCC)N1CCC(COC)C1.I. The number of aliphatic imine (C=N–C) groups is 1. The molecule has 0 spiro atoms. The van der Waals surface area contributed by atoms with E-state index in [1.54, 1.807) is 7.11 Å². The maximum atomic E-state index is 5.27. The molecule has 1 unspecified atom stereocenters. The molecule has 0 aromatic heterocycles. The van der Waals surface area contributed by atoms with Crippen LogP contribution in [0.1, 0.15) is 33.6 Å². The molecule has 0 saturated carbocycles. The van der Waals surface area contributed by atoms with Crippen LogP contribution in [0.5, 0.6) is 0 Å². The van der Waals surface area contributed by atoms with Gasteiger partial charge in [-0.15, -0.1) is 24.0 Å². The summed E-state index contributed by atoms with van der Waals surface area (Å²) in [5.74, 6) is 1.72. The predicted octanol–water partition coefficient (Wildman–Crippen LogP) is 2.27. The largest absolute Gasteiger partial charge is 0.384 e. The van der Waals surface area contributed by atoms with Gasteiger partial charge < -0.3 is 19.9 Å². The van der Waals surface area contributed by atoms with Gasteiger partial charge in [-0.05, 0) is 32.9 Å². The van der Waals surface area contributed by atoms with E-state index >= 15 is 0 Å². The van der Waals surface area contributed by atoms with E-state index in [0.29, 0.717) is 5.92 Å². The van der Waals surface area contributed by atoms with E-state index in [4.69, 9.17) is 9.73 Å². The number of likely N-dealkylation sites (N-methyl/N-ethyl adjacent to an activating group) is 1. The van der Waals surface area contributed by atoms with Crippen LogP contribution in [0.2, 0.25) is 0 Å². The predicted molar refractivity (Wildman–Crippen MR) is 105 cm³/mol. The van der Waals surface area contributed by atoms with Gasteiger partial charge in [-0.3, -0.25) is 4.99 Å². The number of rotatable bonds is 9. The molecular weight excluding hydrogens is 391 g/mol. The van der Waals surface area contributed by atoms with Crippen LogP contribution in [0.25, 0.3) is 0 Å². The van der Waals surface area contributed by atoms with E-state index < -0.39 is 0 Å². The fraction of sp³-hybridized carbons (Fsp3) is 0.938. The van der Waals surface area contributed by atoms with Crippen LogP contribution in [0, 0.1) is 5.92 Å². The molecule has 1 heterocycles. The normalized spacial score (nSPS) is 18.7. The second kappa shape index (κ2) is 13.4. The van der Waals surface area contributed by atoms with Gasteiger partial charge in [0.05, 0.1) is 13.2 Å². The summed E-state index contributed by atoms with van der Waals surface area (Å²) < 4.78 is 5.27. The lowest BCUT2D eigenvalue weighted by molar-refractivity contribution is 0.157. The highest BCUT2D eigenvalue weighted by Gasteiger charge is 2.24. The molecule has 132 valence electrons. The van der Waals surface area contributed by atoms with Gasteiger partial charge in [0, 0.05) is 39.2 Å². The summed E-state index contributed by atoms with van der Waals surface area (Å²) in [6.45, 7) is 14.7. The number of nitrogens with zero attached hydrogens (tertiary/aromatic N) is 3. The lowest BCUT2D eigenvalue weighted by atomic mass is 10.1. The van der Waals surface area contributed by atoms with E-state index in [9.17, 15) is 0 Å². The molecule has 1 aliphatic rings.